The largest absolute Gasteiger partial charge is 0.326 e. The third-order valence-electron chi connectivity index (χ3n) is 2.44. The highest BCUT2D eigenvalue weighted by Crippen LogP contribution is 2.10. The number of amides is 1. The number of nitrogens with zero attached hydrogens (tertiary/aromatic N) is 2. The minimum Gasteiger partial charge on any atom is -0.326 e. The number of carbonyl (C=O) groups is 1. The van der Waals surface area contributed by atoms with Crippen molar-refractivity contribution in [3.8, 4) is 12.3 Å². The van der Waals surface area contributed by atoms with Gasteiger partial charge in [0.2, 0.25) is 5.91 Å². The molecule has 90 valence electrons. The minimum absolute atomic E-state index is 0.0559. The van der Waals surface area contributed by atoms with Crippen LogP contribution < -0.4 is 5.32 Å². The van der Waals surface area contributed by atoms with Crippen molar-refractivity contribution in [3.05, 3.63) is 48.3 Å². The summed E-state index contributed by atoms with van der Waals surface area (Å²) in [5.74, 6) is 2.47. The van der Waals surface area contributed by atoms with Crippen LogP contribution in [0.4, 0.5) is 5.69 Å². The van der Waals surface area contributed by atoms with Crippen LogP contribution in [-0.4, -0.2) is 15.7 Å². The molecule has 0 spiro atoms. The van der Waals surface area contributed by atoms with Gasteiger partial charge < -0.3 is 5.32 Å². The summed E-state index contributed by atoms with van der Waals surface area (Å²) >= 11 is 0. The molecule has 0 aliphatic rings. The average molecular weight is 239 g/mol. The van der Waals surface area contributed by atoms with Crippen molar-refractivity contribution in [1.29, 1.82) is 0 Å². The number of aromatic nitrogens is 2. The molecule has 0 saturated carbocycles. The third kappa shape index (κ3) is 3.22. The predicted molar refractivity (Wildman–Crippen MR) is 69.9 cm³/mol. The molecule has 0 atom stereocenters. The monoisotopic (exact) mass is 239 g/mol. The molecule has 4 heteroatoms. The summed E-state index contributed by atoms with van der Waals surface area (Å²) in [6.45, 7) is 0.563. The second kappa shape index (κ2) is 5.69. The maximum atomic E-state index is 11.7. The maximum Gasteiger partial charge on any atom is 0.226 e. The van der Waals surface area contributed by atoms with Crippen molar-refractivity contribution >= 4 is 11.6 Å². The molecule has 0 aliphatic heterocycles. The molecule has 1 amide bonds. The number of carbonyl (C=O) groups excluding carboxylic acids is 1. The van der Waals surface area contributed by atoms with E-state index < -0.39 is 0 Å². The first kappa shape index (κ1) is 11.9. The highest BCUT2D eigenvalue weighted by atomic mass is 16.1. The molecule has 0 unspecified atom stereocenters. The van der Waals surface area contributed by atoms with Crippen LogP contribution in [0.3, 0.4) is 0 Å². The zero-order valence-corrected chi connectivity index (χ0v) is 9.84. The van der Waals surface area contributed by atoms with Gasteiger partial charge in [-0.2, -0.15) is 5.10 Å². The van der Waals surface area contributed by atoms with Crippen LogP contribution >= 0.6 is 0 Å². The Labute approximate surface area is 106 Å². The van der Waals surface area contributed by atoms with E-state index in [1.165, 1.54) is 0 Å². The zero-order valence-electron chi connectivity index (χ0n) is 9.84. The van der Waals surface area contributed by atoms with Crippen molar-refractivity contribution in [1.82, 2.24) is 9.78 Å². The number of terminal acetylenes is 1. The van der Waals surface area contributed by atoms with Crippen molar-refractivity contribution in [2.45, 2.75) is 13.0 Å². The Kier molecular flexibility index (Phi) is 3.77. The van der Waals surface area contributed by atoms with Gasteiger partial charge in [-0.3, -0.25) is 9.48 Å². The fraction of sp³-hybridized carbons (Fsp3) is 0.143. The molecule has 2 aromatic rings. The van der Waals surface area contributed by atoms with Crippen LogP contribution in [0.2, 0.25) is 0 Å². The first-order valence-electron chi connectivity index (χ1n) is 5.62. The van der Waals surface area contributed by atoms with Crippen LogP contribution in [-0.2, 0) is 11.3 Å². The van der Waals surface area contributed by atoms with E-state index in [-0.39, 0.29) is 5.91 Å². The number of hydrogen-bond donors (Lipinski definition) is 1. The van der Waals surface area contributed by atoms with Gasteiger partial charge in [-0.1, -0.05) is 12.0 Å². The van der Waals surface area contributed by atoms with E-state index in [2.05, 4.69) is 16.3 Å². The fourth-order valence-corrected chi connectivity index (χ4v) is 1.56. The van der Waals surface area contributed by atoms with Crippen molar-refractivity contribution in [2.24, 2.45) is 0 Å². The van der Waals surface area contributed by atoms with Crippen LogP contribution in [0.15, 0.2) is 42.7 Å². The molecule has 2 rings (SSSR count). The molecule has 0 fully saturated rings. The van der Waals surface area contributed by atoms with Gasteiger partial charge >= 0.3 is 0 Å². The summed E-state index contributed by atoms with van der Waals surface area (Å²) in [7, 11) is 0. The Balaban J connectivity index is 1.89. The normalized spacial score (nSPS) is 9.72. The SMILES string of the molecule is C#Cc1cccc(NC(=O)CCn2cccn2)c1. The average Bonchev–Trinajstić information content (AvgIpc) is 2.90. The summed E-state index contributed by atoms with van der Waals surface area (Å²) in [6, 6.07) is 9.05. The molecule has 0 radical (unpaired) electrons. The highest BCUT2D eigenvalue weighted by Gasteiger charge is 2.03. The quantitative estimate of drug-likeness (QED) is 0.828. The van der Waals surface area contributed by atoms with E-state index in [9.17, 15) is 4.79 Å². The van der Waals surface area contributed by atoms with Crippen LogP contribution in [0.25, 0.3) is 0 Å². The van der Waals surface area contributed by atoms with Gasteiger partial charge in [0.25, 0.3) is 0 Å². The number of hydrogen-bond acceptors (Lipinski definition) is 2. The number of aryl methyl sites for hydroxylation is 1. The van der Waals surface area contributed by atoms with E-state index in [1.54, 1.807) is 16.9 Å². The Morgan fingerprint density at radius 3 is 3.06 bits per heavy atom. The molecule has 0 aliphatic carbocycles. The lowest BCUT2D eigenvalue weighted by Gasteiger charge is -2.05. The number of anilines is 1. The van der Waals surface area contributed by atoms with Gasteiger partial charge in [0.05, 0.1) is 0 Å². The summed E-state index contributed by atoms with van der Waals surface area (Å²) in [6.07, 6.45) is 9.19. The molecule has 0 saturated heterocycles. The number of benzene rings is 1. The van der Waals surface area contributed by atoms with Gasteiger partial charge in [-0.25, -0.2) is 0 Å². The highest BCUT2D eigenvalue weighted by molar-refractivity contribution is 5.90. The van der Waals surface area contributed by atoms with Crippen molar-refractivity contribution in [3.63, 3.8) is 0 Å². The van der Waals surface area contributed by atoms with Crippen LogP contribution in [0, 0.1) is 12.3 Å². The molecule has 1 aromatic heterocycles. The third-order valence-corrected chi connectivity index (χ3v) is 2.44. The molecule has 4 nitrogen and oxygen atoms in total. The maximum absolute atomic E-state index is 11.7. The minimum atomic E-state index is -0.0559. The molecular formula is C14H13N3O. The molecule has 1 aromatic carbocycles. The van der Waals surface area contributed by atoms with Crippen molar-refractivity contribution in [2.75, 3.05) is 5.32 Å². The van der Waals surface area contributed by atoms with Crippen LogP contribution in [0.5, 0.6) is 0 Å². The molecule has 1 N–H and O–H groups in total. The Bertz CT molecular complexity index is 567. The summed E-state index contributed by atoms with van der Waals surface area (Å²) in [5, 5.41) is 6.84. The molecular weight excluding hydrogens is 226 g/mol. The number of rotatable bonds is 4. The summed E-state index contributed by atoms with van der Waals surface area (Å²) in [4.78, 5) is 11.7. The van der Waals surface area contributed by atoms with Gasteiger partial charge in [0, 0.05) is 36.6 Å². The molecule has 0 bridgehead atoms. The first-order valence-corrected chi connectivity index (χ1v) is 5.62. The second-order valence-electron chi connectivity index (χ2n) is 3.79. The lowest BCUT2D eigenvalue weighted by molar-refractivity contribution is -0.116. The van der Waals surface area contributed by atoms with Crippen molar-refractivity contribution < 1.29 is 4.79 Å². The standard InChI is InChI=1S/C14H13N3O/c1-2-12-5-3-6-13(11-12)16-14(18)7-10-17-9-4-8-15-17/h1,3-6,8-9,11H,7,10H2,(H,16,18). The zero-order chi connectivity index (χ0) is 12.8. The van der Waals surface area contributed by atoms with Gasteiger partial charge in [0.15, 0.2) is 0 Å². The Morgan fingerprint density at radius 1 is 1.44 bits per heavy atom. The van der Waals surface area contributed by atoms with E-state index in [1.807, 2.05) is 30.5 Å². The van der Waals surface area contributed by atoms with E-state index in [0.29, 0.717) is 13.0 Å². The van der Waals surface area contributed by atoms with E-state index in [4.69, 9.17) is 6.42 Å². The molecule has 1 heterocycles. The summed E-state index contributed by atoms with van der Waals surface area (Å²) < 4.78 is 1.72. The first-order chi connectivity index (χ1) is 8.78. The lowest BCUT2D eigenvalue weighted by atomic mass is 10.2. The topological polar surface area (TPSA) is 46.9 Å². The smallest absolute Gasteiger partial charge is 0.226 e. The van der Waals surface area contributed by atoms with E-state index in [0.717, 1.165) is 11.3 Å². The van der Waals surface area contributed by atoms with Gasteiger partial charge in [-0.15, -0.1) is 6.42 Å². The van der Waals surface area contributed by atoms with Crippen LogP contribution in [0.1, 0.15) is 12.0 Å². The second-order valence-corrected chi connectivity index (χ2v) is 3.79. The Morgan fingerprint density at radius 2 is 2.33 bits per heavy atom. The fourth-order valence-electron chi connectivity index (χ4n) is 1.56. The van der Waals surface area contributed by atoms with Gasteiger partial charge in [0.1, 0.15) is 0 Å². The lowest BCUT2D eigenvalue weighted by Crippen LogP contribution is -2.14. The Hall–Kier alpha value is -2.54. The van der Waals surface area contributed by atoms with E-state index >= 15 is 0 Å². The summed E-state index contributed by atoms with van der Waals surface area (Å²) in [5.41, 5.74) is 1.47. The predicted octanol–water partition coefficient (Wildman–Crippen LogP) is 1.89. The molecule has 18 heavy (non-hydrogen) atoms. The number of nitrogens with one attached hydrogen (secondary N) is 1. The van der Waals surface area contributed by atoms with Gasteiger partial charge in [-0.05, 0) is 24.3 Å².